The number of ether oxygens (including phenoxy) is 2. The molecule has 0 rings (SSSR count). The van der Waals surface area contributed by atoms with Crippen LogP contribution in [0.5, 0.6) is 0 Å². The number of hydrogen-bond donors (Lipinski definition) is 4. The zero-order valence-electron chi connectivity index (χ0n) is 20.6. The van der Waals surface area contributed by atoms with Crippen LogP contribution in [0.3, 0.4) is 0 Å². The molecule has 178 valence electrons. The lowest BCUT2D eigenvalue weighted by Crippen LogP contribution is -2.39. The van der Waals surface area contributed by atoms with E-state index in [1.54, 1.807) is 0 Å². The molecule has 30 heavy (non-hydrogen) atoms. The Hall–Kier alpha value is -1.54. The molecule has 0 radical (unpaired) electrons. The number of carbonyl (C=O) groups excluding carboxylic acids is 1. The zero-order valence-corrected chi connectivity index (χ0v) is 20.6. The van der Waals surface area contributed by atoms with Gasteiger partial charge in [0.25, 0.3) is 6.02 Å². The summed E-state index contributed by atoms with van der Waals surface area (Å²) in [6.07, 6.45) is 3.67. The van der Waals surface area contributed by atoms with E-state index in [1.807, 2.05) is 55.4 Å². The predicted molar refractivity (Wildman–Crippen MR) is 125 cm³/mol. The minimum atomic E-state index is -0.463. The summed E-state index contributed by atoms with van der Waals surface area (Å²) in [6, 6.07) is 0.482. The molecule has 0 aromatic heterocycles. The molecule has 0 heterocycles. The van der Waals surface area contributed by atoms with Gasteiger partial charge in [0, 0.05) is 6.04 Å². The van der Waals surface area contributed by atoms with Crippen LogP contribution >= 0.6 is 0 Å². The van der Waals surface area contributed by atoms with Crippen LogP contribution < -0.4 is 21.7 Å². The molecular formula is C22H47N5O3. The van der Waals surface area contributed by atoms with Crippen LogP contribution in [-0.2, 0) is 9.47 Å². The first-order valence-electron chi connectivity index (χ1n) is 11.2. The summed E-state index contributed by atoms with van der Waals surface area (Å²) in [7, 11) is 0. The van der Waals surface area contributed by atoms with Crippen molar-refractivity contribution in [3.05, 3.63) is 0 Å². The third-order valence-corrected chi connectivity index (χ3v) is 3.97. The van der Waals surface area contributed by atoms with Crippen LogP contribution in [0, 0.1) is 0 Å². The fourth-order valence-corrected chi connectivity index (χ4v) is 2.58. The quantitative estimate of drug-likeness (QED) is 0.203. The number of unbranched alkanes of at least 4 members (excludes halogenated alkanes) is 1. The Morgan fingerprint density at radius 3 is 1.87 bits per heavy atom. The van der Waals surface area contributed by atoms with Crippen molar-refractivity contribution >= 4 is 12.1 Å². The Kier molecular flexibility index (Phi) is 13.7. The minimum Gasteiger partial charge on any atom is -0.460 e. The van der Waals surface area contributed by atoms with E-state index in [4.69, 9.17) is 15.2 Å². The van der Waals surface area contributed by atoms with Gasteiger partial charge in [-0.25, -0.2) is 9.79 Å². The first-order chi connectivity index (χ1) is 13.8. The molecule has 8 heteroatoms. The highest BCUT2D eigenvalue weighted by Crippen LogP contribution is 2.08. The highest BCUT2D eigenvalue weighted by Gasteiger charge is 2.17. The van der Waals surface area contributed by atoms with Crippen molar-refractivity contribution < 1.29 is 14.3 Å². The second-order valence-electron chi connectivity index (χ2n) is 9.86. The number of aliphatic imine (C=N–C) groups is 1. The number of alkyl carbamates (subject to hydrolysis) is 1. The number of nitrogens with one attached hydrogen (secondary N) is 3. The first-order valence-corrected chi connectivity index (χ1v) is 11.2. The van der Waals surface area contributed by atoms with Gasteiger partial charge in [-0.3, -0.25) is 0 Å². The van der Waals surface area contributed by atoms with Gasteiger partial charge in [0.05, 0.1) is 6.04 Å². The van der Waals surface area contributed by atoms with Crippen LogP contribution in [-0.4, -0.2) is 61.6 Å². The summed E-state index contributed by atoms with van der Waals surface area (Å²) < 4.78 is 10.8. The van der Waals surface area contributed by atoms with Crippen molar-refractivity contribution in [2.75, 3.05) is 26.2 Å². The minimum absolute atomic E-state index is 0.0847. The van der Waals surface area contributed by atoms with E-state index >= 15 is 0 Å². The number of carbonyl (C=O) groups is 1. The predicted octanol–water partition coefficient (Wildman–Crippen LogP) is 3.16. The molecule has 0 aromatic rings. The molecule has 0 fully saturated rings. The molecule has 0 bridgehead atoms. The molecule has 0 saturated heterocycles. The van der Waals surface area contributed by atoms with E-state index in [2.05, 4.69) is 20.9 Å². The topological polar surface area (TPSA) is 110 Å². The Balaban J connectivity index is 3.60. The highest BCUT2D eigenvalue weighted by molar-refractivity contribution is 5.72. The van der Waals surface area contributed by atoms with Gasteiger partial charge in [-0.15, -0.1) is 0 Å². The van der Waals surface area contributed by atoms with E-state index in [-0.39, 0.29) is 29.8 Å². The van der Waals surface area contributed by atoms with Crippen molar-refractivity contribution in [1.82, 2.24) is 16.0 Å². The number of nitrogens with zero attached hydrogens (tertiary/aromatic N) is 1. The molecule has 0 aliphatic carbocycles. The number of nitrogens with two attached hydrogens (primary N) is 1. The summed E-state index contributed by atoms with van der Waals surface area (Å²) in [5.74, 6) is 0. The summed E-state index contributed by atoms with van der Waals surface area (Å²) in [4.78, 5) is 16.1. The molecular weight excluding hydrogens is 382 g/mol. The average molecular weight is 430 g/mol. The van der Waals surface area contributed by atoms with Crippen molar-refractivity contribution in [1.29, 1.82) is 0 Å². The number of amides is 1. The van der Waals surface area contributed by atoms with E-state index in [1.165, 1.54) is 0 Å². The molecule has 0 spiro atoms. The lowest BCUT2D eigenvalue weighted by Gasteiger charge is -2.22. The fourth-order valence-electron chi connectivity index (χ4n) is 2.58. The maximum absolute atomic E-state index is 11.7. The summed E-state index contributed by atoms with van der Waals surface area (Å²) >= 11 is 0. The molecule has 8 nitrogen and oxygen atoms in total. The van der Waals surface area contributed by atoms with Crippen molar-refractivity contribution in [3.63, 3.8) is 0 Å². The van der Waals surface area contributed by atoms with Gasteiger partial charge in [-0.1, -0.05) is 0 Å². The molecule has 5 N–H and O–H groups in total. The van der Waals surface area contributed by atoms with Crippen LogP contribution in [0.15, 0.2) is 4.99 Å². The van der Waals surface area contributed by atoms with E-state index in [0.717, 1.165) is 51.9 Å². The maximum atomic E-state index is 11.7. The van der Waals surface area contributed by atoms with Crippen LogP contribution in [0.25, 0.3) is 0 Å². The van der Waals surface area contributed by atoms with Crippen molar-refractivity contribution in [2.45, 2.75) is 104 Å². The van der Waals surface area contributed by atoms with E-state index in [9.17, 15) is 4.79 Å². The summed E-state index contributed by atoms with van der Waals surface area (Å²) in [6.45, 7) is 19.2. The average Bonchev–Trinajstić information content (AvgIpc) is 2.52. The standard InChI is InChI=1S/C22H47N5O3/c1-17(26-19(23)29-21(3,4)5)11-15-24-13-9-10-14-25-16-12-18(2)27-20(28)30-22(6,7)8/h17-18,24-25H,9-16H2,1-8H3,(H2,23,26)(H,27,28). The lowest BCUT2D eigenvalue weighted by atomic mass is 10.2. The molecule has 2 unspecified atom stereocenters. The third-order valence-electron chi connectivity index (χ3n) is 3.97. The molecule has 0 aliphatic heterocycles. The monoisotopic (exact) mass is 429 g/mol. The van der Waals surface area contributed by atoms with E-state index < -0.39 is 5.60 Å². The summed E-state index contributed by atoms with van der Waals surface area (Å²) in [5, 5.41) is 9.73. The molecule has 0 aliphatic rings. The zero-order chi connectivity index (χ0) is 23.2. The number of rotatable bonds is 13. The van der Waals surface area contributed by atoms with Crippen LogP contribution in [0.1, 0.15) is 81.1 Å². The Morgan fingerprint density at radius 2 is 1.37 bits per heavy atom. The van der Waals surface area contributed by atoms with Gasteiger partial charge >= 0.3 is 6.09 Å². The lowest BCUT2D eigenvalue weighted by molar-refractivity contribution is 0.0506. The van der Waals surface area contributed by atoms with Crippen molar-refractivity contribution in [3.8, 4) is 0 Å². The van der Waals surface area contributed by atoms with Gasteiger partial charge < -0.3 is 31.2 Å². The van der Waals surface area contributed by atoms with Crippen LogP contribution in [0.2, 0.25) is 0 Å². The van der Waals surface area contributed by atoms with Gasteiger partial charge in [0.1, 0.15) is 11.2 Å². The third kappa shape index (κ3) is 19.8. The Bertz CT molecular complexity index is 498. The summed E-state index contributed by atoms with van der Waals surface area (Å²) in [5.41, 5.74) is 5.03. The molecule has 0 saturated carbocycles. The second kappa shape index (κ2) is 14.5. The molecule has 0 aromatic carbocycles. The number of hydrogen-bond acceptors (Lipinski definition) is 6. The normalized spacial score (nSPS) is 14.9. The second-order valence-corrected chi connectivity index (χ2v) is 9.86. The van der Waals surface area contributed by atoms with Gasteiger partial charge in [-0.05, 0) is 107 Å². The SMILES string of the molecule is CC(CCNCCCCNCCC(C)NC(=O)OC(C)(C)C)N=C(N)OC(C)(C)C. The smallest absolute Gasteiger partial charge is 0.407 e. The Morgan fingerprint density at radius 1 is 0.867 bits per heavy atom. The van der Waals surface area contributed by atoms with Crippen LogP contribution in [0.4, 0.5) is 4.79 Å². The number of amidine groups is 1. The first kappa shape index (κ1) is 28.5. The fraction of sp³-hybridized carbons (Fsp3) is 0.909. The van der Waals surface area contributed by atoms with Crippen molar-refractivity contribution in [2.24, 2.45) is 10.7 Å². The Labute approximate surface area is 184 Å². The van der Waals surface area contributed by atoms with Gasteiger partial charge in [0.15, 0.2) is 0 Å². The van der Waals surface area contributed by atoms with Gasteiger partial charge in [-0.2, -0.15) is 0 Å². The molecule has 2 atom stereocenters. The van der Waals surface area contributed by atoms with E-state index in [0.29, 0.717) is 0 Å². The van der Waals surface area contributed by atoms with Gasteiger partial charge in [0.2, 0.25) is 0 Å². The maximum Gasteiger partial charge on any atom is 0.407 e. The largest absolute Gasteiger partial charge is 0.460 e. The molecule has 1 amide bonds. The highest BCUT2D eigenvalue weighted by atomic mass is 16.6.